The van der Waals surface area contributed by atoms with Gasteiger partial charge in [0.1, 0.15) is 12.0 Å². The van der Waals surface area contributed by atoms with Crippen LogP contribution in [-0.4, -0.2) is 46.4 Å². The quantitative estimate of drug-likeness (QED) is 0.711. The monoisotopic (exact) mass is 341 g/mol. The van der Waals surface area contributed by atoms with Crippen LogP contribution in [0, 0.1) is 0 Å². The molecule has 4 rings (SSSR count). The minimum Gasteiger partial charge on any atom is -0.364 e. The summed E-state index contributed by atoms with van der Waals surface area (Å²) >= 11 is 1.55. The lowest BCUT2D eigenvalue weighted by Gasteiger charge is -2.23. The number of likely N-dealkylation sites (tertiary alicyclic amines) is 1. The first-order valence-corrected chi connectivity index (χ1v) is 8.84. The number of aromatic nitrogens is 3. The van der Waals surface area contributed by atoms with E-state index in [-0.39, 0.29) is 0 Å². The molecule has 1 aliphatic heterocycles. The molecule has 7 heteroatoms. The lowest BCUT2D eigenvalue weighted by molar-refractivity contribution is 0.326. The molecule has 1 unspecified atom stereocenters. The Morgan fingerprint density at radius 1 is 1.25 bits per heavy atom. The van der Waals surface area contributed by atoms with Crippen LogP contribution in [0.15, 0.2) is 47.2 Å². The summed E-state index contributed by atoms with van der Waals surface area (Å²) in [4.78, 5) is 4.74. The molecule has 0 bridgehead atoms. The van der Waals surface area contributed by atoms with E-state index in [9.17, 15) is 0 Å². The molecule has 1 saturated heterocycles. The normalized spacial score (nSPS) is 18.1. The Bertz CT molecular complexity index is 773. The van der Waals surface area contributed by atoms with Crippen LogP contribution in [0.25, 0.3) is 10.7 Å². The van der Waals surface area contributed by atoms with Crippen molar-refractivity contribution in [3.8, 4) is 10.7 Å². The third kappa shape index (κ3) is 3.18. The van der Waals surface area contributed by atoms with Gasteiger partial charge in [-0.25, -0.2) is 0 Å². The van der Waals surface area contributed by atoms with Gasteiger partial charge in [0, 0.05) is 38.8 Å². The Morgan fingerprint density at radius 2 is 2.12 bits per heavy atom. The summed E-state index contributed by atoms with van der Waals surface area (Å²) in [5.41, 5.74) is 2.11. The lowest BCUT2D eigenvalue weighted by Crippen LogP contribution is -2.34. The fourth-order valence-electron chi connectivity index (χ4n) is 3.05. The van der Waals surface area contributed by atoms with E-state index >= 15 is 0 Å². The van der Waals surface area contributed by atoms with E-state index in [0.717, 1.165) is 41.9 Å². The molecule has 0 spiro atoms. The van der Waals surface area contributed by atoms with Gasteiger partial charge in [0.05, 0.1) is 0 Å². The molecule has 3 heterocycles. The van der Waals surface area contributed by atoms with Crippen molar-refractivity contribution in [1.82, 2.24) is 20.3 Å². The third-order valence-corrected chi connectivity index (χ3v) is 5.45. The number of rotatable bonds is 5. The molecular formula is C17H19N5OS. The van der Waals surface area contributed by atoms with Crippen molar-refractivity contribution in [2.45, 2.75) is 19.0 Å². The Hall–Kier alpha value is -2.25. The first-order chi connectivity index (χ1) is 11.8. The average molecular weight is 341 g/mol. The molecule has 0 N–H and O–H groups in total. The van der Waals surface area contributed by atoms with Crippen molar-refractivity contribution in [2.24, 2.45) is 0 Å². The summed E-state index contributed by atoms with van der Waals surface area (Å²) in [6, 6.07) is 12.9. The van der Waals surface area contributed by atoms with Crippen molar-refractivity contribution in [3.63, 3.8) is 0 Å². The van der Waals surface area contributed by atoms with Crippen LogP contribution in [0.5, 0.6) is 0 Å². The van der Waals surface area contributed by atoms with Gasteiger partial charge < -0.3 is 9.42 Å². The second-order valence-corrected chi connectivity index (χ2v) is 7.00. The van der Waals surface area contributed by atoms with Crippen molar-refractivity contribution in [1.29, 1.82) is 0 Å². The Labute approximate surface area is 144 Å². The predicted octanol–water partition coefficient (Wildman–Crippen LogP) is 2.90. The highest BCUT2D eigenvalue weighted by Crippen LogP contribution is 2.29. The van der Waals surface area contributed by atoms with Gasteiger partial charge in [-0.3, -0.25) is 4.90 Å². The maximum absolute atomic E-state index is 4.88. The van der Waals surface area contributed by atoms with Crippen LogP contribution in [0.2, 0.25) is 0 Å². The van der Waals surface area contributed by atoms with Crippen molar-refractivity contribution in [3.05, 3.63) is 48.2 Å². The molecule has 24 heavy (non-hydrogen) atoms. The Balaban J connectivity index is 1.40. The molecule has 2 aromatic heterocycles. The molecule has 1 aromatic carbocycles. The molecule has 1 aliphatic rings. The summed E-state index contributed by atoms with van der Waals surface area (Å²) in [6.45, 7) is 3.16. The highest BCUT2D eigenvalue weighted by molar-refractivity contribution is 7.18. The molecule has 124 valence electrons. The van der Waals surface area contributed by atoms with Gasteiger partial charge in [-0.05, 0) is 12.0 Å². The SMILES string of the molecule is CN(c1nnc(-c2ccon2)s1)C1CCN(Cc2ccccc2)C1. The molecule has 0 amide bonds. The fourth-order valence-corrected chi connectivity index (χ4v) is 3.89. The molecule has 3 aromatic rings. The standard InChI is InChI=1S/C17H19N5OS/c1-21(17-19-18-16(24-17)15-8-10-23-20-15)14-7-9-22(12-14)11-13-5-3-2-4-6-13/h2-6,8,10,14H,7,9,11-12H2,1H3. The van der Waals surface area contributed by atoms with Crippen LogP contribution in [0.4, 0.5) is 5.13 Å². The minimum atomic E-state index is 0.465. The van der Waals surface area contributed by atoms with Gasteiger partial charge in [-0.15, -0.1) is 10.2 Å². The largest absolute Gasteiger partial charge is 0.364 e. The number of hydrogen-bond acceptors (Lipinski definition) is 7. The van der Waals surface area contributed by atoms with Gasteiger partial charge >= 0.3 is 0 Å². The average Bonchev–Trinajstić information content (AvgIpc) is 3.36. The van der Waals surface area contributed by atoms with Crippen LogP contribution in [0.3, 0.4) is 0 Å². The van der Waals surface area contributed by atoms with E-state index in [1.165, 1.54) is 5.56 Å². The van der Waals surface area contributed by atoms with E-state index in [0.29, 0.717) is 6.04 Å². The molecule has 6 nitrogen and oxygen atoms in total. The van der Waals surface area contributed by atoms with Gasteiger partial charge in [0.15, 0.2) is 5.01 Å². The molecule has 0 saturated carbocycles. The van der Waals surface area contributed by atoms with Crippen LogP contribution in [0.1, 0.15) is 12.0 Å². The summed E-state index contributed by atoms with van der Waals surface area (Å²) in [6.07, 6.45) is 2.70. The molecule has 0 radical (unpaired) electrons. The highest BCUT2D eigenvalue weighted by atomic mass is 32.1. The van der Waals surface area contributed by atoms with Crippen LogP contribution >= 0.6 is 11.3 Å². The molecule has 0 aliphatic carbocycles. The van der Waals surface area contributed by atoms with E-state index in [1.807, 2.05) is 6.07 Å². The zero-order valence-corrected chi connectivity index (χ0v) is 14.3. The first kappa shape index (κ1) is 15.3. The van der Waals surface area contributed by atoms with Crippen molar-refractivity contribution in [2.75, 3.05) is 25.0 Å². The lowest BCUT2D eigenvalue weighted by atomic mass is 10.2. The second-order valence-electron chi connectivity index (χ2n) is 6.05. The number of likely N-dealkylation sites (N-methyl/N-ethyl adjacent to an activating group) is 1. The molecular weight excluding hydrogens is 322 g/mol. The van der Waals surface area contributed by atoms with Gasteiger partial charge in [0.2, 0.25) is 5.13 Å². The fraction of sp³-hybridized carbons (Fsp3) is 0.353. The minimum absolute atomic E-state index is 0.465. The smallest absolute Gasteiger partial charge is 0.208 e. The summed E-state index contributed by atoms with van der Waals surface area (Å²) in [7, 11) is 2.10. The van der Waals surface area contributed by atoms with E-state index < -0.39 is 0 Å². The Kier molecular flexibility index (Phi) is 4.27. The summed E-state index contributed by atoms with van der Waals surface area (Å²) < 4.78 is 4.88. The molecule has 1 fully saturated rings. The number of hydrogen-bond donors (Lipinski definition) is 0. The highest BCUT2D eigenvalue weighted by Gasteiger charge is 2.27. The maximum atomic E-state index is 4.88. The maximum Gasteiger partial charge on any atom is 0.208 e. The van der Waals surface area contributed by atoms with E-state index in [2.05, 4.69) is 62.5 Å². The zero-order chi connectivity index (χ0) is 16.4. The predicted molar refractivity (Wildman–Crippen MR) is 93.9 cm³/mol. The van der Waals surface area contributed by atoms with Crippen molar-refractivity contribution >= 4 is 16.5 Å². The summed E-state index contributed by atoms with van der Waals surface area (Å²) in [5.74, 6) is 0. The zero-order valence-electron chi connectivity index (χ0n) is 13.5. The first-order valence-electron chi connectivity index (χ1n) is 8.03. The Morgan fingerprint density at radius 3 is 2.92 bits per heavy atom. The van der Waals surface area contributed by atoms with Crippen LogP contribution in [-0.2, 0) is 6.54 Å². The van der Waals surface area contributed by atoms with Gasteiger partial charge in [0.25, 0.3) is 0 Å². The third-order valence-electron chi connectivity index (χ3n) is 4.42. The van der Waals surface area contributed by atoms with E-state index in [1.54, 1.807) is 17.6 Å². The van der Waals surface area contributed by atoms with E-state index in [4.69, 9.17) is 4.52 Å². The van der Waals surface area contributed by atoms with Gasteiger partial charge in [-0.2, -0.15) is 0 Å². The topological polar surface area (TPSA) is 58.3 Å². The summed E-state index contributed by atoms with van der Waals surface area (Å²) in [5, 5.41) is 14.2. The molecule has 1 atom stereocenters. The van der Waals surface area contributed by atoms with Crippen LogP contribution < -0.4 is 4.90 Å². The number of anilines is 1. The number of benzene rings is 1. The second kappa shape index (κ2) is 6.70. The van der Waals surface area contributed by atoms with Gasteiger partial charge in [-0.1, -0.05) is 46.8 Å². The van der Waals surface area contributed by atoms with Crippen molar-refractivity contribution < 1.29 is 4.52 Å². The number of nitrogens with zero attached hydrogens (tertiary/aromatic N) is 5.